The zero-order valence-corrected chi connectivity index (χ0v) is 16.8. The third-order valence-corrected chi connectivity index (χ3v) is 5.59. The van der Waals surface area contributed by atoms with Crippen LogP contribution in [0.1, 0.15) is 23.9 Å². The number of hydrogen-bond donors (Lipinski definition) is 0. The number of rotatable bonds is 5. The van der Waals surface area contributed by atoms with Gasteiger partial charge in [-0.05, 0) is 12.5 Å². The molecule has 1 aromatic carbocycles. The Kier molecular flexibility index (Phi) is 6.05. The first-order valence-electron chi connectivity index (χ1n) is 9.05. The van der Waals surface area contributed by atoms with Crippen LogP contribution >= 0.6 is 11.5 Å². The van der Waals surface area contributed by atoms with Crippen molar-refractivity contribution in [2.45, 2.75) is 20.3 Å². The summed E-state index contributed by atoms with van der Waals surface area (Å²) in [6.45, 7) is 6.26. The Labute approximate surface area is 163 Å². The maximum atomic E-state index is 12.5. The van der Waals surface area contributed by atoms with E-state index in [1.807, 2.05) is 16.8 Å². The van der Waals surface area contributed by atoms with Crippen LogP contribution in [-0.2, 0) is 16.0 Å². The zero-order chi connectivity index (χ0) is 19.4. The molecule has 3 rings (SSSR count). The molecular weight excluding hydrogens is 362 g/mol. The lowest BCUT2D eigenvalue weighted by Crippen LogP contribution is -2.52. The van der Waals surface area contributed by atoms with Gasteiger partial charge in [0.1, 0.15) is 5.82 Å². The van der Waals surface area contributed by atoms with Crippen LogP contribution in [0.25, 0.3) is 0 Å². The number of aryl methyl sites for hydroxylation is 1. The van der Waals surface area contributed by atoms with Crippen LogP contribution in [0.15, 0.2) is 24.3 Å². The van der Waals surface area contributed by atoms with Crippen molar-refractivity contribution in [1.82, 2.24) is 19.2 Å². The molecule has 0 radical (unpaired) electrons. The summed E-state index contributed by atoms with van der Waals surface area (Å²) in [5.74, 6) is 0.887. The summed E-state index contributed by atoms with van der Waals surface area (Å²) >= 11 is 1.31. The second kappa shape index (κ2) is 8.47. The van der Waals surface area contributed by atoms with Crippen molar-refractivity contribution in [3.8, 4) is 0 Å². The topological polar surface area (TPSA) is 69.6 Å². The van der Waals surface area contributed by atoms with E-state index >= 15 is 0 Å². The monoisotopic (exact) mass is 387 g/mol. The summed E-state index contributed by atoms with van der Waals surface area (Å²) in [5.41, 5.74) is 2.40. The van der Waals surface area contributed by atoms with E-state index in [4.69, 9.17) is 0 Å². The van der Waals surface area contributed by atoms with Crippen molar-refractivity contribution in [3.05, 3.63) is 41.2 Å². The third kappa shape index (κ3) is 5.03. The van der Waals surface area contributed by atoms with E-state index in [0.717, 1.165) is 11.0 Å². The summed E-state index contributed by atoms with van der Waals surface area (Å²) in [6, 6.07) is 8.34. The lowest BCUT2D eigenvalue weighted by atomic mass is 10.1. The highest BCUT2D eigenvalue weighted by Gasteiger charge is 2.23. The van der Waals surface area contributed by atoms with Crippen molar-refractivity contribution in [2.24, 2.45) is 0 Å². The lowest BCUT2D eigenvalue weighted by Gasteiger charge is -2.34. The van der Waals surface area contributed by atoms with Gasteiger partial charge < -0.3 is 14.7 Å². The van der Waals surface area contributed by atoms with Gasteiger partial charge in [-0.2, -0.15) is 4.37 Å². The van der Waals surface area contributed by atoms with E-state index in [2.05, 4.69) is 40.5 Å². The van der Waals surface area contributed by atoms with Gasteiger partial charge in [0.15, 0.2) is 0 Å². The maximum absolute atomic E-state index is 12.5. The molecule has 1 aromatic heterocycles. The van der Waals surface area contributed by atoms with Crippen molar-refractivity contribution in [2.75, 3.05) is 44.7 Å². The molecule has 0 saturated carbocycles. The van der Waals surface area contributed by atoms with Gasteiger partial charge in [-0.15, -0.1) is 0 Å². The number of carbonyl (C=O) groups is 2. The summed E-state index contributed by atoms with van der Waals surface area (Å²) in [4.78, 5) is 33.9. The van der Waals surface area contributed by atoms with Gasteiger partial charge in [0.05, 0.1) is 6.54 Å². The number of anilines is 1. The van der Waals surface area contributed by atoms with Crippen LogP contribution in [0.5, 0.6) is 0 Å². The zero-order valence-electron chi connectivity index (χ0n) is 16.0. The molecule has 7 nitrogen and oxygen atoms in total. The predicted molar refractivity (Wildman–Crippen MR) is 106 cm³/mol. The van der Waals surface area contributed by atoms with E-state index in [9.17, 15) is 9.59 Å². The first kappa shape index (κ1) is 19.3. The largest absolute Gasteiger partial charge is 0.341 e. The van der Waals surface area contributed by atoms with Crippen molar-refractivity contribution < 1.29 is 9.59 Å². The average molecular weight is 388 g/mol. The fourth-order valence-corrected chi connectivity index (χ4v) is 3.64. The van der Waals surface area contributed by atoms with Crippen molar-refractivity contribution >= 4 is 28.5 Å². The van der Waals surface area contributed by atoms with Gasteiger partial charge in [-0.1, -0.05) is 29.8 Å². The van der Waals surface area contributed by atoms with Crippen molar-refractivity contribution in [3.63, 3.8) is 0 Å². The Hall–Kier alpha value is -2.48. The van der Waals surface area contributed by atoms with E-state index in [1.165, 1.54) is 22.7 Å². The normalized spacial score (nSPS) is 14.3. The molecule has 27 heavy (non-hydrogen) atoms. The maximum Gasteiger partial charge on any atom is 0.242 e. The molecule has 0 unspecified atom stereocenters. The van der Waals surface area contributed by atoms with Crippen molar-refractivity contribution in [1.29, 1.82) is 0 Å². The average Bonchev–Trinajstić information content (AvgIpc) is 3.12. The molecule has 1 fully saturated rings. The van der Waals surface area contributed by atoms with Gasteiger partial charge in [-0.3, -0.25) is 9.59 Å². The molecule has 2 amide bonds. The molecule has 2 aromatic rings. The minimum Gasteiger partial charge on any atom is -0.341 e. The summed E-state index contributed by atoms with van der Waals surface area (Å²) in [5, 5.41) is 0.743. The van der Waals surface area contributed by atoms with Crippen LogP contribution in [-0.4, -0.2) is 70.7 Å². The molecular formula is C19H25N5O2S. The second-order valence-electron chi connectivity index (χ2n) is 6.90. The molecule has 2 heterocycles. The first-order chi connectivity index (χ1) is 12.9. The van der Waals surface area contributed by atoms with Gasteiger partial charge >= 0.3 is 0 Å². The summed E-state index contributed by atoms with van der Waals surface area (Å²) in [7, 11) is 1.86. The Morgan fingerprint density at radius 1 is 1.11 bits per heavy atom. The Morgan fingerprint density at radius 2 is 1.74 bits per heavy atom. The number of benzene rings is 1. The van der Waals surface area contributed by atoms with Gasteiger partial charge in [0.2, 0.25) is 16.9 Å². The number of likely N-dealkylation sites (N-methyl/N-ethyl adjacent to an activating group) is 1. The lowest BCUT2D eigenvalue weighted by molar-refractivity contribution is -0.137. The minimum atomic E-state index is 0.0518. The number of piperazine rings is 1. The van der Waals surface area contributed by atoms with Gasteiger partial charge in [0, 0.05) is 58.1 Å². The molecule has 0 spiro atoms. The Morgan fingerprint density at radius 3 is 2.37 bits per heavy atom. The molecule has 144 valence electrons. The predicted octanol–water partition coefficient (Wildman–Crippen LogP) is 1.56. The molecule has 0 aliphatic carbocycles. The van der Waals surface area contributed by atoms with Crippen LogP contribution in [0.4, 0.5) is 5.13 Å². The molecule has 0 bridgehead atoms. The fourth-order valence-electron chi connectivity index (χ4n) is 3.00. The number of carbonyl (C=O) groups excluding carboxylic acids is 2. The molecule has 0 N–H and O–H groups in total. The molecule has 1 saturated heterocycles. The Balaban J connectivity index is 1.53. The first-order valence-corrected chi connectivity index (χ1v) is 9.82. The highest BCUT2D eigenvalue weighted by atomic mass is 32.1. The standard InChI is InChI=1S/C19H25N5O2S/c1-14-4-6-16(7-5-14)12-17-20-19(27-21-17)22(3)13-18(26)24-10-8-23(9-11-24)15(2)25/h4-7H,8-13H2,1-3H3. The SMILES string of the molecule is CC(=O)N1CCN(C(=O)CN(C)c2nc(Cc3ccc(C)cc3)ns2)CC1. The molecule has 1 aliphatic rings. The third-order valence-electron chi connectivity index (χ3n) is 4.72. The molecule has 8 heteroatoms. The van der Waals surface area contributed by atoms with Crippen LogP contribution in [0.3, 0.4) is 0 Å². The van der Waals surface area contributed by atoms with Crippen LogP contribution < -0.4 is 4.90 Å². The van der Waals surface area contributed by atoms with E-state index in [1.54, 1.807) is 11.8 Å². The van der Waals surface area contributed by atoms with E-state index < -0.39 is 0 Å². The smallest absolute Gasteiger partial charge is 0.242 e. The molecule has 0 atom stereocenters. The number of aromatic nitrogens is 2. The highest BCUT2D eigenvalue weighted by molar-refractivity contribution is 7.09. The second-order valence-corrected chi connectivity index (χ2v) is 7.63. The van der Waals surface area contributed by atoms with Gasteiger partial charge in [-0.25, -0.2) is 4.98 Å². The number of amides is 2. The summed E-state index contributed by atoms with van der Waals surface area (Å²) in [6.07, 6.45) is 0.686. The van der Waals surface area contributed by atoms with E-state index in [0.29, 0.717) is 32.6 Å². The number of nitrogens with zero attached hydrogens (tertiary/aromatic N) is 5. The Bertz CT molecular complexity index is 797. The molecule has 1 aliphatic heterocycles. The fraction of sp³-hybridized carbons (Fsp3) is 0.474. The van der Waals surface area contributed by atoms with E-state index in [-0.39, 0.29) is 18.4 Å². The summed E-state index contributed by atoms with van der Waals surface area (Å²) < 4.78 is 4.42. The highest BCUT2D eigenvalue weighted by Crippen LogP contribution is 2.18. The number of hydrogen-bond acceptors (Lipinski definition) is 6. The van der Waals surface area contributed by atoms with Gasteiger partial charge in [0.25, 0.3) is 0 Å². The van der Waals surface area contributed by atoms with Crippen LogP contribution in [0.2, 0.25) is 0 Å². The quantitative estimate of drug-likeness (QED) is 0.779. The van der Waals surface area contributed by atoms with Crippen LogP contribution in [0, 0.1) is 6.92 Å². The minimum absolute atomic E-state index is 0.0518.